The van der Waals surface area contributed by atoms with Gasteiger partial charge in [0.05, 0.1) is 19.3 Å². The van der Waals surface area contributed by atoms with E-state index in [4.69, 9.17) is 4.55 Å². The van der Waals surface area contributed by atoms with Gasteiger partial charge in [-0.2, -0.15) is 13.5 Å². The van der Waals surface area contributed by atoms with Crippen molar-refractivity contribution in [2.24, 2.45) is 0 Å². The first kappa shape index (κ1) is 21.4. The Morgan fingerprint density at radius 2 is 2.03 bits per heavy atom. The van der Waals surface area contributed by atoms with Gasteiger partial charge in [-0.1, -0.05) is 5.21 Å². The molecule has 2 fully saturated rings. The number of hydrogen-bond donors (Lipinski definition) is 3. The molecule has 0 aliphatic carbocycles. The molecule has 2 aliphatic rings. The first-order valence-electron chi connectivity index (χ1n) is 8.43. The fraction of sp³-hybridized carbons (Fsp3) is 0.538. The molecule has 0 radical (unpaired) electrons. The monoisotopic (exact) mass is 447 g/mol. The van der Waals surface area contributed by atoms with E-state index in [0.29, 0.717) is 5.06 Å². The summed E-state index contributed by atoms with van der Waals surface area (Å²) in [6.07, 6.45) is 1.59. The zero-order valence-corrected chi connectivity index (χ0v) is 16.2. The van der Waals surface area contributed by atoms with Gasteiger partial charge in [-0.25, -0.2) is 14.3 Å². The van der Waals surface area contributed by atoms with E-state index in [1.807, 2.05) is 0 Å². The molecule has 17 heteroatoms. The second-order valence-electron chi connectivity index (χ2n) is 6.34. The van der Waals surface area contributed by atoms with E-state index in [2.05, 4.69) is 30.2 Å². The Bertz CT molecular complexity index is 977. The molecule has 30 heavy (non-hydrogen) atoms. The highest BCUT2D eigenvalue weighted by molar-refractivity contribution is 7.80. The predicted molar refractivity (Wildman–Crippen MR) is 91.0 cm³/mol. The number of carbonyl (C=O) groups is 4. The summed E-state index contributed by atoms with van der Waals surface area (Å²) < 4.78 is 40.3. The predicted octanol–water partition coefficient (Wildman–Crippen LogP) is -2.78. The molecule has 4 amide bonds. The number of rotatable bonds is 6. The number of hydroxylamine groups is 2. The number of carbonyl (C=O) groups excluding carboxylic acids is 4. The molecule has 2 atom stereocenters. The first-order chi connectivity index (χ1) is 14.1. The van der Waals surface area contributed by atoms with Crippen LogP contribution in [-0.2, 0) is 35.6 Å². The Morgan fingerprint density at radius 1 is 1.30 bits per heavy atom. The summed E-state index contributed by atoms with van der Waals surface area (Å²) >= 11 is 0. The molecule has 2 aliphatic heterocycles. The van der Waals surface area contributed by atoms with Crippen molar-refractivity contribution >= 4 is 34.2 Å². The zero-order chi connectivity index (χ0) is 22.1. The molecule has 16 nitrogen and oxygen atoms in total. The summed E-state index contributed by atoms with van der Waals surface area (Å²) in [4.78, 5) is 49.0. The number of esters is 1. The van der Waals surface area contributed by atoms with Crippen LogP contribution in [0.15, 0.2) is 6.20 Å². The van der Waals surface area contributed by atoms with Crippen molar-refractivity contribution in [3.63, 3.8) is 0 Å². The lowest BCUT2D eigenvalue weighted by Gasteiger charge is -2.29. The largest absolute Gasteiger partial charge is 0.464 e. The van der Waals surface area contributed by atoms with E-state index in [1.165, 1.54) is 6.20 Å². The molecule has 164 valence electrons. The van der Waals surface area contributed by atoms with Crippen molar-refractivity contribution in [1.82, 2.24) is 35.8 Å². The number of ether oxygens (including phenoxy) is 1. The van der Waals surface area contributed by atoms with Gasteiger partial charge in [0, 0.05) is 6.54 Å². The van der Waals surface area contributed by atoms with Gasteiger partial charge >= 0.3 is 22.4 Å². The van der Waals surface area contributed by atoms with Crippen LogP contribution >= 0.6 is 0 Å². The van der Waals surface area contributed by atoms with Crippen molar-refractivity contribution in [3.8, 4) is 0 Å². The number of fused-ring (bicyclic) bond motifs is 2. The van der Waals surface area contributed by atoms with Crippen LogP contribution < -0.4 is 10.9 Å². The number of piperidine rings is 1. The fourth-order valence-electron chi connectivity index (χ4n) is 3.08. The standard InChI is InChI=1S/C13H17N7O9S/c1-28-12(23)8-5-18(17-14-8)6-10(21)15-16-11(22)9-3-2-7-4-19(9)13(24)20(7)29-30(25,26)27/h5,7,9H,2-4,6H2,1H3,(H,15,21)(H,16,22)(H,25,26,27). The Kier molecular flexibility index (Phi) is 5.85. The van der Waals surface area contributed by atoms with E-state index >= 15 is 0 Å². The van der Waals surface area contributed by atoms with Gasteiger partial charge in [-0.05, 0) is 12.8 Å². The summed E-state index contributed by atoms with van der Waals surface area (Å²) in [5, 5.41) is 7.60. The van der Waals surface area contributed by atoms with E-state index in [0.717, 1.165) is 16.7 Å². The third kappa shape index (κ3) is 4.63. The smallest absolute Gasteiger partial charge is 0.418 e. The number of urea groups is 1. The molecule has 3 N–H and O–H groups in total. The first-order valence-corrected chi connectivity index (χ1v) is 9.79. The molecule has 1 aromatic heterocycles. The van der Waals surface area contributed by atoms with Gasteiger partial charge in [0.25, 0.3) is 11.8 Å². The summed E-state index contributed by atoms with van der Waals surface area (Å²) in [7, 11) is -3.73. The van der Waals surface area contributed by atoms with Crippen molar-refractivity contribution in [2.75, 3.05) is 13.7 Å². The number of nitrogens with one attached hydrogen (secondary N) is 2. The Labute approximate surface area is 168 Å². The third-order valence-electron chi connectivity index (χ3n) is 4.36. The maximum Gasteiger partial charge on any atom is 0.418 e. The highest BCUT2D eigenvalue weighted by Gasteiger charge is 2.49. The average Bonchev–Trinajstić information content (AvgIpc) is 3.24. The maximum absolute atomic E-state index is 12.4. The Hall–Kier alpha value is -3.31. The lowest BCUT2D eigenvalue weighted by molar-refractivity contribution is -0.132. The molecular weight excluding hydrogens is 430 g/mol. The van der Waals surface area contributed by atoms with E-state index in [9.17, 15) is 27.6 Å². The lowest BCUT2D eigenvalue weighted by Crippen LogP contribution is -2.54. The average molecular weight is 447 g/mol. The number of hydrazine groups is 1. The number of methoxy groups -OCH3 is 1. The summed E-state index contributed by atoms with van der Waals surface area (Å²) in [5.41, 5.74) is 4.21. The van der Waals surface area contributed by atoms with E-state index in [-0.39, 0.29) is 31.6 Å². The van der Waals surface area contributed by atoms with E-state index in [1.54, 1.807) is 0 Å². The van der Waals surface area contributed by atoms with Crippen LogP contribution in [0.2, 0.25) is 0 Å². The SMILES string of the molecule is COC(=O)c1cn(CC(=O)NNC(=O)C2CCC3CN2C(=O)N3OS(=O)(=O)O)nn1. The highest BCUT2D eigenvalue weighted by Crippen LogP contribution is 2.30. The number of amides is 4. The van der Waals surface area contributed by atoms with Crippen molar-refractivity contribution < 1.29 is 41.2 Å². The van der Waals surface area contributed by atoms with Gasteiger partial charge in [0.15, 0.2) is 5.69 Å². The van der Waals surface area contributed by atoms with E-state index < -0.39 is 46.3 Å². The summed E-state index contributed by atoms with van der Waals surface area (Å²) in [5.74, 6) is -2.13. The van der Waals surface area contributed by atoms with Gasteiger partial charge in [-0.15, -0.1) is 9.38 Å². The van der Waals surface area contributed by atoms with Crippen molar-refractivity contribution in [1.29, 1.82) is 0 Å². The number of nitrogens with zero attached hydrogens (tertiary/aromatic N) is 5. The van der Waals surface area contributed by atoms with Crippen LogP contribution in [0.4, 0.5) is 4.79 Å². The molecule has 2 unspecified atom stereocenters. The van der Waals surface area contributed by atoms with Crippen LogP contribution in [0.5, 0.6) is 0 Å². The van der Waals surface area contributed by atoms with Crippen LogP contribution in [0.3, 0.4) is 0 Å². The minimum absolute atomic E-state index is 0.00957. The molecule has 0 aromatic carbocycles. The normalized spacial score (nSPS) is 20.8. The molecule has 0 saturated carbocycles. The topological polar surface area (TPSA) is 202 Å². The summed E-state index contributed by atoms with van der Waals surface area (Å²) in [6, 6.07) is -2.53. The van der Waals surface area contributed by atoms with Gasteiger partial charge in [-0.3, -0.25) is 25.0 Å². The fourth-order valence-corrected chi connectivity index (χ4v) is 3.47. The lowest BCUT2D eigenvalue weighted by atomic mass is 10.0. The Balaban J connectivity index is 1.53. The zero-order valence-electron chi connectivity index (χ0n) is 15.4. The Morgan fingerprint density at radius 3 is 2.70 bits per heavy atom. The third-order valence-corrected chi connectivity index (χ3v) is 4.71. The minimum Gasteiger partial charge on any atom is -0.464 e. The molecule has 2 bridgehead atoms. The van der Waals surface area contributed by atoms with Crippen LogP contribution in [0.1, 0.15) is 23.3 Å². The number of aromatic nitrogens is 3. The maximum atomic E-state index is 12.4. The molecule has 3 rings (SSSR count). The molecular formula is C13H17N7O9S. The number of hydrogen-bond acceptors (Lipinski definition) is 10. The van der Waals surface area contributed by atoms with Gasteiger partial charge < -0.3 is 9.64 Å². The second-order valence-corrected chi connectivity index (χ2v) is 7.34. The van der Waals surface area contributed by atoms with Crippen LogP contribution in [-0.4, -0.2) is 87.5 Å². The summed E-state index contributed by atoms with van der Waals surface area (Å²) in [6.45, 7) is -0.356. The minimum atomic E-state index is -4.89. The highest BCUT2D eigenvalue weighted by atomic mass is 32.3. The van der Waals surface area contributed by atoms with Gasteiger partial charge in [0.2, 0.25) is 0 Å². The van der Waals surface area contributed by atoms with Crippen molar-refractivity contribution in [3.05, 3.63) is 11.9 Å². The molecule has 3 heterocycles. The second kappa shape index (κ2) is 8.20. The molecule has 2 saturated heterocycles. The quantitative estimate of drug-likeness (QED) is 0.231. The molecule has 0 spiro atoms. The van der Waals surface area contributed by atoms with Crippen LogP contribution in [0.25, 0.3) is 0 Å². The van der Waals surface area contributed by atoms with Crippen molar-refractivity contribution in [2.45, 2.75) is 31.5 Å². The molecule has 1 aromatic rings. The van der Waals surface area contributed by atoms with Gasteiger partial charge in [0.1, 0.15) is 12.6 Å². The van der Waals surface area contributed by atoms with Crippen LogP contribution in [0, 0.1) is 0 Å².